The van der Waals surface area contributed by atoms with Crippen LogP contribution in [0.2, 0.25) is 0 Å². The molecule has 0 aromatic heterocycles. The van der Waals surface area contributed by atoms with E-state index < -0.39 is 6.04 Å². The minimum Gasteiger partial charge on any atom is -0.467 e. The van der Waals surface area contributed by atoms with Crippen molar-refractivity contribution in [3.8, 4) is 0 Å². The minimum absolute atomic E-state index is 0.116. The van der Waals surface area contributed by atoms with Gasteiger partial charge in [-0.05, 0) is 19.3 Å². The summed E-state index contributed by atoms with van der Waals surface area (Å²) in [5, 5.41) is 6.08. The van der Waals surface area contributed by atoms with E-state index in [4.69, 9.17) is 4.74 Å². The van der Waals surface area contributed by atoms with Crippen LogP contribution in [0.25, 0.3) is 0 Å². The third kappa shape index (κ3) is 5.46. The van der Waals surface area contributed by atoms with Crippen molar-refractivity contribution in [3.63, 3.8) is 0 Å². The van der Waals surface area contributed by atoms with Crippen molar-refractivity contribution < 1.29 is 14.3 Å². The van der Waals surface area contributed by atoms with Crippen molar-refractivity contribution >= 4 is 11.9 Å². The van der Waals surface area contributed by atoms with E-state index in [0.29, 0.717) is 24.9 Å². The number of rotatable bonds is 6. The minimum atomic E-state index is -0.550. The first-order valence-electron chi connectivity index (χ1n) is 7.26. The van der Waals surface area contributed by atoms with Gasteiger partial charge in [-0.1, -0.05) is 13.8 Å². The molecule has 1 fully saturated rings. The summed E-state index contributed by atoms with van der Waals surface area (Å²) in [5.74, 6) is -0.173. The van der Waals surface area contributed by atoms with Crippen molar-refractivity contribution in [3.05, 3.63) is 0 Å². The molecule has 0 spiro atoms. The lowest BCUT2D eigenvalue weighted by atomic mass is 10.0. The molecule has 2 atom stereocenters. The fourth-order valence-electron chi connectivity index (χ4n) is 2.37. The van der Waals surface area contributed by atoms with E-state index in [1.165, 1.54) is 7.11 Å². The highest BCUT2D eigenvalue weighted by molar-refractivity contribution is 5.85. The van der Waals surface area contributed by atoms with Gasteiger partial charge in [0.05, 0.1) is 13.7 Å². The third-order valence-corrected chi connectivity index (χ3v) is 3.51. The Kier molecular flexibility index (Phi) is 6.95. The number of ether oxygens (including phenoxy) is 1. The number of nitrogens with one attached hydrogen (secondary N) is 2. The standard InChI is InChI=1S/C14H27N3O3/c1-10(2)7-12(14(19)20-4)16-13(18)9-17-6-5-15-8-11(17)3/h10-12,15H,5-9H2,1-4H3,(H,16,18). The van der Waals surface area contributed by atoms with Crippen LogP contribution in [-0.2, 0) is 14.3 Å². The first-order valence-corrected chi connectivity index (χ1v) is 7.26. The number of nitrogens with zero attached hydrogens (tertiary/aromatic N) is 1. The number of amides is 1. The van der Waals surface area contributed by atoms with Gasteiger partial charge in [0.2, 0.25) is 5.91 Å². The lowest BCUT2D eigenvalue weighted by Gasteiger charge is -2.33. The van der Waals surface area contributed by atoms with Crippen molar-refractivity contribution in [2.24, 2.45) is 5.92 Å². The Balaban J connectivity index is 2.50. The van der Waals surface area contributed by atoms with Gasteiger partial charge < -0.3 is 15.4 Å². The van der Waals surface area contributed by atoms with E-state index in [0.717, 1.165) is 19.6 Å². The predicted molar refractivity (Wildman–Crippen MR) is 77.3 cm³/mol. The number of carbonyl (C=O) groups excluding carboxylic acids is 2. The van der Waals surface area contributed by atoms with Gasteiger partial charge in [-0.15, -0.1) is 0 Å². The van der Waals surface area contributed by atoms with Crippen LogP contribution in [0, 0.1) is 5.92 Å². The lowest BCUT2D eigenvalue weighted by molar-refractivity contribution is -0.145. The van der Waals surface area contributed by atoms with Gasteiger partial charge in [-0.25, -0.2) is 4.79 Å². The number of piperazine rings is 1. The number of methoxy groups -OCH3 is 1. The molecule has 1 amide bonds. The number of carbonyl (C=O) groups is 2. The van der Waals surface area contributed by atoms with Crippen LogP contribution in [-0.4, -0.2) is 62.1 Å². The average Bonchev–Trinajstić information content (AvgIpc) is 2.39. The first kappa shape index (κ1) is 16.9. The zero-order chi connectivity index (χ0) is 15.1. The first-order chi connectivity index (χ1) is 9.43. The fraction of sp³-hybridized carbons (Fsp3) is 0.857. The van der Waals surface area contributed by atoms with Gasteiger partial charge in [-0.3, -0.25) is 9.69 Å². The summed E-state index contributed by atoms with van der Waals surface area (Å²) in [6.45, 7) is 9.08. The van der Waals surface area contributed by atoms with E-state index in [1.54, 1.807) is 0 Å². The molecule has 0 aliphatic carbocycles. The molecule has 2 unspecified atom stereocenters. The summed E-state index contributed by atoms with van der Waals surface area (Å²) in [5.41, 5.74) is 0. The molecule has 1 saturated heterocycles. The largest absolute Gasteiger partial charge is 0.467 e. The van der Waals surface area contributed by atoms with Crippen LogP contribution < -0.4 is 10.6 Å². The third-order valence-electron chi connectivity index (χ3n) is 3.51. The maximum atomic E-state index is 12.1. The predicted octanol–water partition coefficient (Wildman–Crippen LogP) is -0.0160. The Labute approximate surface area is 121 Å². The molecule has 6 heteroatoms. The molecular formula is C14H27N3O3. The SMILES string of the molecule is COC(=O)C(CC(C)C)NC(=O)CN1CCNCC1C. The van der Waals surface area contributed by atoms with E-state index in [1.807, 2.05) is 13.8 Å². The van der Waals surface area contributed by atoms with Crippen LogP contribution in [0.3, 0.4) is 0 Å². The van der Waals surface area contributed by atoms with Gasteiger partial charge in [0, 0.05) is 25.7 Å². The molecule has 1 aliphatic rings. The maximum Gasteiger partial charge on any atom is 0.328 e. The Morgan fingerprint density at radius 2 is 2.15 bits per heavy atom. The summed E-state index contributed by atoms with van der Waals surface area (Å²) in [4.78, 5) is 25.9. The van der Waals surface area contributed by atoms with Gasteiger partial charge in [0.15, 0.2) is 0 Å². The Morgan fingerprint density at radius 3 is 2.70 bits per heavy atom. The highest BCUT2D eigenvalue weighted by Crippen LogP contribution is 2.07. The lowest BCUT2D eigenvalue weighted by Crippen LogP contribution is -2.54. The Bertz CT molecular complexity index is 334. The molecule has 2 N–H and O–H groups in total. The van der Waals surface area contributed by atoms with E-state index >= 15 is 0 Å². The highest BCUT2D eigenvalue weighted by Gasteiger charge is 2.25. The molecule has 6 nitrogen and oxygen atoms in total. The molecule has 0 aromatic carbocycles. The molecule has 1 aliphatic heterocycles. The summed E-state index contributed by atoms with van der Waals surface area (Å²) in [7, 11) is 1.35. The molecule has 0 radical (unpaired) electrons. The summed E-state index contributed by atoms with van der Waals surface area (Å²) < 4.78 is 4.75. The molecule has 1 rings (SSSR count). The quantitative estimate of drug-likeness (QED) is 0.671. The molecule has 20 heavy (non-hydrogen) atoms. The molecule has 0 aromatic rings. The monoisotopic (exact) mass is 285 g/mol. The molecule has 116 valence electrons. The van der Waals surface area contributed by atoms with E-state index in [9.17, 15) is 9.59 Å². The average molecular weight is 285 g/mol. The second-order valence-corrected chi connectivity index (χ2v) is 5.80. The highest BCUT2D eigenvalue weighted by atomic mass is 16.5. The smallest absolute Gasteiger partial charge is 0.328 e. The van der Waals surface area contributed by atoms with Gasteiger partial charge >= 0.3 is 5.97 Å². The van der Waals surface area contributed by atoms with Crippen molar-refractivity contribution in [1.82, 2.24) is 15.5 Å². The second kappa shape index (κ2) is 8.21. The van der Waals surface area contributed by atoms with Crippen LogP contribution in [0.1, 0.15) is 27.2 Å². The van der Waals surface area contributed by atoms with Gasteiger partial charge in [-0.2, -0.15) is 0 Å². The van der Waals surface area contributed by atoms with E-state index in [2.05, 4.69) is 22.5 Å². The van der Waals surface area contributed by atoms with Gasteiger partial charge in [0.1, 0.15) is 6.04 Å². The zero-order valence-corrected chi connectivity index (χ0v) is 12.9. The van der Waals surface area contributed by atoms with Crippen molar-refractivity contribution in [2.75, 3.05) is 33.3 Å². The molecular weight excluding hydrogens is 258 g/mol. The fourth-order valence-corrected chi connectivity index (χ4v) is 2.37. The van der Waals surface area contributed by atoms with Crippen molar-refractivity contribution in [2.45, 2.75) is 39.3 Å². The normalized spacial score (nSPS) is 21.6. The second-order valence-electron chi connectivity index (χ2n) is 5.80. The summed E-state index contributed by atoms with van der Waals surface area (Å²) in [6, 6.07) is -0.220. The number of hydrogen-bond donors (Lipinski definition) is 2. The molecule has 0 bridgehead atoms. The molecule has 0 saturated carbocycles. The number of hydrogen-bond acceptors (Lipinski definition) is 5. The van der Waals surface area contributed by atoms with Crippen LogP contribution in [0.5, 0.6) is 0 Å². The topological polar surface area (TPSA) is 70.7 Å². The summed E-state index contributed by atoms with van der Waals surface area (Å²) in [6.07, 6.45) is 0.593. The van der Waals surface area contributed by atoms with Crippen LogP contribution >= 0.6 is 0 Å². The Hall–Kier alpha value is -1.14. The number of esters is 1. The molecule has 1 heterocycles. The summed E-state index contributed by atoms with van der Waals surface area (Å²) >= 11 is 0. The van der Waals surface area contributed by atoms with Crippen LogP contribution in [0.15, 0.2) is 0 Å². The van der Waals surface area contributed by atoms with Gasteiger partial charge in [0.25, 0.3) is 0 Å². The maximum absolute atomic E-state index is 12.1. The van der Waals surface area contributed by atoms with Crippen LogP contribution in [0.4, 0.5) is 0 Å². The Morgan fingerprint density at radius 1 is 1.45 bits per heavy atom. The van der Waals surface area contributed by atoms with Crippen molar-refractivity contribution in [1.29, 1.82) is 0 Å². The van der Waals surface area contributed by atoms with E-state index in [-0.39, 0.29) is 11.9 Å². The zero-order valence-electron chi connectivity index (χ0n) is 12.9.